The lowest BCUT2D eigenvalue weighted by Crippen LogP contribution is -2.28. The van der Waals surface area contributed by atoms with Gasteiger partial charge in [0.25, 0.3) is 5.91 Å². The van der Waals surface area contributed by atoms with Crippen molar-refractivity contribution in [2.75, 3.05) is 22.5 Å². The Hall–Kier alpha value is -3.82. The molecular weight excluding hydrogens is 517 g/mol. The first-order valence-corrected chi connectivity index (χ1v) is 12.3. The van der Waals surface area contributed by atoms with Gasteiger partial charge in [0.05, 0.1) is 17.2 Å². The number of carboxylic acid groups (broad SMARTS) is 1. The number of benzene rings is 2. The van der Waals surface area contributed by atoms with E-state index in [-0.39, 0.29) is 11.4 Å². The Morgan fingerprint density at radius 3 is 2.22 bits per heavy atom. The predicted molar refractivity (Wildman–Crippen MR) is 146 cm³/mol. The van der Waals surface area contributed by atoms with Crippen molar-refractivity contribution >= 4 is 64.0 Å². The minimum atomic E-state index is -0.835. The Labute approximate surface area is 224 Å². The smallest absolute Gasteiger partial charge is 0.320 e. The molecule has 0 radical (unpaired) electrons. The van der Waals surface area contributed by atoms with Crippen molar-refractivity contribution in [3.8, 4) is 0 Å². The summed E-state index contributed by atoms with van der Waals surface area (Å²) in [6.07, 6.45) is 2.28. The third-order valence-corrected chi connectivity index (χ3v) is 5.84. The van der Waals surface area contributed by atoms with Crippen molar-refractivity contribution in [1.29, 1.82) is 0 Å². The summed E-state index contributed by atoms with van der Waals surface area (Å²) in [5.74, 6) is -1.52. The number of nitrogens with zero attached hydrogens (tertiary/aromatic N) is 1. The molecule has 11 heteroatoms. The Morgan fingerprint density at radius 1 is 0.946 bits per heavy atom. The van der Waals surface area contributed by atoms with E-state index in [1.165, 1.54) is 12.3 Å². The number of anilines is 4. The molecule has 3 aromatic rings. The number of carbonyl (C=O) groups excluding carboxylic acids is 2. The number of pyridine rings is 1. The molecule has 1 atom stereocenters. The highest BCUT2D eigenvalue weighted by Crippen LogP contribution is 2.28. The molecule has 194 valence electrons. The highest BCUT2D eigenvalue weighted by molar-refractivity contribution is 6.35. The van der Waals surface area contributed by atoms with Gasteiger partial charge in [-0.1, -0.05) is 42.3 Å². The molecule has 37 heavy (non-hydrogen) atoms. The molecule has 1 aromatic heterocycles. The molecule has 0 aliphatic heterocycles. The summed E-state index contributed by atoms with van der Waals surface area (Å²) in [6.45, 7) is 4.06. The van der Waals surface area contributed by atoms with Gasteiger partial charge in [-0.25, -0.2) is 9.78 Å². The monoisotopic (exact) mass is 543 g/mol. The van der Waals surface area contributed by atoms with Crippen LogP contribution in [0.3, 0.4) is 0 Å². The van der Waals surface area contributed by atoms with E-state index in [9.17, 15) is 19.5 Å². The van der Waals surface area contributed by atoms with Gasteiger partial charge >= 0.3 is 12.0 Å². The number of carbonyl (C=O) groups is 3. The van der Waals surface area contributed by atoms with E-state index >= 15 is 0 Å². The first-order chi connectivity index (χ1) is 17.7. The van der Waals surface area contributed by atoms with E-state index in [0.717, 1.165) is 5.56 Å². The molecule has 0 fully saturated rings. The first kappa shape index (κ1) is 27.8. The van der Waals surface area contributed by atoms with Crippen LogP contribution in [-0.2, 0) is 11.2 Å². The Bertz CT molecular complexity index is 1260. The van der Waals surface area contributed by atoms with E-state index in [4.69, 9.17) is 23.2 Å². The van der Waals surface area contributed by atoms with Crippen LogP contribution >= 0.6 is 23.2 Å². The maximum absolute atomic E-state index is 13.2. The number of aromatic nitrogens is 1. The fourth-order valence-electron chi connectivity index (χ4n) is 3.52. The van der Waals surface area contributed by atoms with Crippen LogP contribution in [-0.4, -0.2) is 34.5 Å². The molecule has 0 saturated carbocycles. The van der Waals surface area contributed by atoms with Crippen LogP contribution in [0.25, 0.3) is 0 Å². The molecule has 0 bridgehead atoms. The lowest BCUT2D eigenvalue weighted by molar-refractivity contribution is -0.141. The van der Waals surface area contributed by atoms with Crippen LogP contribution in [0.5, 0.6) is 0 Å². The summed E-state index contributed by atoms with van der Waals surface area (Å²) in [6, 6.07) is 13.0. The lowest BCUT2D eigenvalue weighted by atomic mass is 9.97. The van der Waals surface area contributed by atoms with Gasteiger partial charge < -0.3 is 21.1 Å². The molecule has 3 amide bonds. The van der Waals surface area contributed by atoms with E-state index in [0.29, 0.717) is 46.5 Å². The Balaban J connectivity index is 1.84. The maximum Gasteiger partial charge on any atom is 0.320 e. The lowest BCUT2D eigenvalue weighted by Gasteiger charge is -2.15. The molecule has 5 N–H and O–H groups in total. The average molecular weight is 544 g/mol. The van der Waals surface area contributed by atoms with Gasteiger partial charge in [-0.2, -0.15) is 0 Å². The molecule has 0 spiro atoms. The molecule has 9 nitrogen and oxygen atoms in total. The van der Waals surface area contributed by atoms with Crippen molar-refractivity contribution in [3.05, 3.63) is 75.9 Å². The second kappa shape index (κ2) is 12.9. The maximum atomic E-state index is 13.2. The van der Waals surface area contributed by atoms with Crippen LogP contribution in [0.1, 0.15) is 36.2 Å². The summed E-state index contributed by atoms with van der Waals surface area (Å²) >= 11 is 12.2. The van der Waals surface area contributed by atoms with Gasteiger partial charge in [-0.3, -0.25) is 14.9 Å². The van der Waals surface area contributed by atoms with E-state index in [1.54, 1.807) is 49.4 Å². The molecule has 0 aliphatic rings. The highest BCUT2D eigenvalue weighted by Gasteiger charge is 2.17. The molecule has 3 rings (SSSR count). The van der Waals surface area contributed by atoms with Crippen LogP contribution in [0.4, 0.5) is 27.7 Å². The summed E-state index contributed by atoms with van der Waals surface area (Å²) in [7, 11) is 0. The second-order valence-electron chi connectivity index (χ2n) is 8.18. The van der Waals surface area contributed by atoms with Gasteiger partial charge in [-0.15, -0.1) is 0 Å². The summed E-state index contributed by atoms with van der Waals surface area (Å²) in [5.41, 5.74) is 2.49. The number of rotatable bonds is 10. The molecular formula is C26H27Cl2N5O4. The van der Waals surface area contributed by atoms with Crippen LogP contribution in [0.15, 0.2) is 54.7 Å². The van der Waals surface area contributed by atoms with Crippen molar-refractivity contribution in [2.45, 2.75) is 26.7 Å². The van der Waals surface area contributed by atoms with E-state index < -0.39 is 23.8 Å². The summed E-state index contributed by atoms with van der Waals surface area (Å²) in [4.78, 5) is 40.6. The van der Waals surface area contributed by atoms with Crippen molar-refractivity contribution < 1.29 is 19.5 Å². The molecule has 0 aliphatic carbocycles. The van der Waals surface area contributed by atoms with Crippen molar-refractivity contribution in [3.63, 3.8) is 0 Å². The minimum Gasteiger partial charge on any atom is -0.481 e. The third-order valence-electron chi connectivity index (χ3n) is 5.41. The molecule has 1 heterocycles. The molecule has 0 saturated heterocycles. The number of halogens is 2. The zero-order valence-electron chi connectivity index (χ0n) is 20.3. The van der Waals surface area contributed by atoms with Crippen molar-refractivity contribution in [2.24, 2.45) is 5.92 Å². The van der Waals surface area contributed by atoms with Gasteiger partial charge in [0.15, 0.2) is 0 Å². The van der Waals surface area contributed by atoms with Crippen LogP contribution < -0.4 is 21.3 Å². The predicted octanol–water partition coefficient (Wildman–Crippen LogP) is 6.18. The number of aliphatic carboxylic acids is 1. The van der Waals surface area contributed by atoms with Gasteiger partial charge in [0.2, 0.25) is 0 Å². The zero-order chi connectivity index (χ0) is 26.9. The van der Waals surface area contributed by atoms with E-state index in [2.05, 4.69) is 26.3 Å². The van der Waals surface area contributed by atoms with Gasteiger partial charge in [0.1, 0.15) is 5.82 Å². The third kappa shape index (κ3) is 8.09. The van der Waals surface area contributed by atoms with Crippen LogP contribution in [0.2, 0.25) is 10.0 Å². The summed E-state index contributed by atoms with van der Waals surface area (Å²) in [5, 5.41) is 21.3. The summed E-state index contributed by atoms with van der Waals surface area (Å²) < 4.78 is 0. The number of carboxylic acids is 1. The first-order valence-electron chi connectivity index (χ1n) is 11.6. The normalized spacial score (nSPS) is 11.4. The number of hydrogen-bond acceptors (Lipinski definition) is 5. The number of amides is 3. The fourth-order valence-corrected chi connectivity index (χ4v) is 4.05. The average Bonchev–Trinajstić information content (AvgIpc) is 2.83. The van der Waals surface area contributed by atoms with Gasteiger partial charge in [0, 0.05) is 40.2 Å². The zero-order valence-corrected chi connectivity index (χ0v) is 21.8. The highest BCUT2D eigenvalue weighted by atomic mass is 35.5. The Morgan fingerprint density at radius 2 is 1.62 bits per heavy atom. The fraction of sp³-hybridized carbons (Fsp3) is 0.231. The topological polar surface area (TPSA) is 132 Å². The largest absolute Gasteiger partial charge is 0.481 e. The number of nitrogens with one attached hydrogen (secondary N) is 4. The molecule has 1 unspecified atom stereocenters. The van der Waals surface area contributed by atoms with Crippen LogP contribution in [0, 0.1) is 5.92 Å². The standard InChI is InChI=1S/C26H27Cl2N5O4/c1-3-16(25(35)36)9-15-5-7-19(8-6-15)32-24(34)21-14-30-23(33-26(37)29-4-2)13-22(21)31-20-11-17(27)10-18(28)12-20/h5-8,10-14,16H,3-4,9H2,1-2H3,(H,32,34)(H,35,36)(H3,29,30,31,33,37). The van der Waals surface area contributed by atoms with Gasteiger partial charge in [-0.05, 0) is 55.7 Å². The minimum absolute atomic E-state index is 0.207. The number of hydrogen-bond donors (Lipinski definition) is 5. The molecule has 2 aromatic carbocycles. The second-order valence-corrected chi connectivity index (χ2v) is 9.05. The van der Waals surface area contributed by atoms with E-state index in [1.807, 2.05) is 6.92 Å². The quantitative estimate of drug-likeness (QED) is 0.207. The van der Waals surface area contributed by atoms with Crippen molar-refractivity contribution in [1.82, 2.24) is 10.3 Å². The number of urea groups is 1. The Kier molecular flexibility index (Phi) is 9.71. The SMILES string of the molecule is CCNC(=O)Nc1cc(Nc2cc(Cl)cc(Cl)c2)c(C(=O)Nc2ccc(CC(CC)C(=O)O)cc2)cn1.